The number of benzene rings is 2. The van der Waals surface area contributed by atoms with Gasteiger partial charge in [-0.25, -0.2) is 0 Å². The van der Waals surface area contributed by atoms with E-state index in [2.05, 4.69) is 29.4 Å². The first-order valence-electron chi connectivity index (χ1n) is 8.81. The van der Waals surface area contributed by atoms with Gasteiger partial charge in [-0.2, -0.15) is 0 Å². The molecular weight excluding hydrogens is 326 g/mol. The monoisotopic (exact) mass is 347 g/mol. The summed E-state index contributed by atoms with van der Waals surface area (Å²) in [7, 11) is 0. The van der Waals surface area contributed by atoms with Crippen molar-refractivity contribution < 1.29 is 9.32 Å². The molecule has 0 unspecified atom stereocenters. The van der Waals surface area contributed by atoms with Crippen LogP contribution < -0.4 is 5.73 Å². The Hall–Kier alpha value is -2.92. The summed E-state index contributed by atoms with van der Waals surface area (Å²) in [5.74, 6) is 0.822. The molecule has 0 aliphatic carbocycles. The predicted octanol–water partition coefficient (Wildman–Crippen LogP) is 3.24. The van der Waals surface area contributed by atoms with E-state index in [4.69, 9.17) is 10.3 Å². The van der Waals surface area contributed by atoms with E-state index in [9.17, 15) is 4.79 Å². The zero-order valence-corrected chi connectivity index (χ0v) is 14.7. The molecule has 2 N–H and O–H groups in total. The maximum atomic E-state index is 12.2. The summed E-state index contributed by atoms with van der Waals surface area (Å²) in [5.41, 5.74) is 10.9. The first kappa shape index (κ1) is 16.5. The molecule has 5 heteroatoms. The van der Waals surface area contributed by atoms with Crippen molar-refractivity contribution in [2.75, 3.05) is 6.54 Å². The lowest BCUT2D eigenvalue weighted by Crippen LogP contribution is -2.44. The summed E-state index contributed by atoms with van der Waals surface area (Å²) in [6.07, 6.45) is 0.670. The maximum Gasteiger partial charge on any atom is 0.239 e. The summed E-state index contributed by atoms with van der Waals surface area (Å²) in [6, 6.07) is 18.0. The van der Waals surface area contributed by atoms with Gasteiger partial charge < -0.3 is 15.2 Å². The molecule has 4 rings (SSSR count). The minimum atomic E-state index is -0.495. The van der Waals surface area contributed by atoms with Crippen molar-refractivity contribution in [3.05, 3.63) is 65.9 Å². The first-order valence-corrected chi connectivity index (χ1v) is 8.81. The fraction of sp³-hybridized carbons (Fsp3) is 0.238. The van der Waals surface area contributed by atoms with Crippen molar-refractivity contribution in [1.82, 2.24) is 10.1 Å². The molecule has 0 radical (unpaired) electrons. The number of nitrogens with two attached hydrogens (primary N) is 1. The van der Waals surface area contributed by atoms with E-state index in [0.29, 0.717) is 19.5 Å². The number of aromatic nitrogens is 1. The maximum absolute atomic E-state index is 12.2. The summed E-state index contributed by atoms with van der Waals surface area (Å²) in [5, 5.41) is 4.26. The van der Waals surface area contributed by atoms with Crippen LogP contribution in [0.25, 0.3) is 22.4 Å². The highest BCUT2D eigenvalue weighted by atomic mass is 16.5. The molecule has 132 valence electrons. The SMILES string of the molecule is C[C@H](N)C(=O)N1CCc2onc(-c3ccc(-c4ccccc4)cc3)c2C1. The zero-order valence-electron chi connectivity index (χ0n) is 14.7. The lowest BCUT2D eigenvalue weighted by molar-refractivity contribution is -0.133. The third-order valence-electron chi connectivity index (χ3n) is 4.79. The molecule has 5 nitrogen and oxygen atoms in total. The van der Waals surface area contributed by atoms with Gasteiger partial charge in [0.15, 0.2) is 0 Å². The Kier molecular flexibility index (Phi) is 4.31. The Morgan fingerprint density at radius 1 is 1.08 bits per heavy atom. The van der Waals surface area contributed by atoms with Crippen LogP contribution in [0.3, 0.4) is 0 Å². The molecule has 1 aromatic heterocycles. The number of hydrogen-bond donors (Lipinski definition) is 1. The highest BCUT2D eigenvalue weighted by Crippen LogP contribution is 2.31. The molecule has 0 saturated heterocycles. The molecule has 1 amide bonds. The molecule has 0 spiro atoms. The summed E-state index contributed by atoms with van der Waals surface area (Å²) in [4.78, 5) is 14.0. The van der Waals surface area contributed by atoms with E-state index in [0.717, 1.165) is 28.1 Å². The first-order chi connectivity index (χ1) is 12.6. The second kappa shape index (κ2) is 6.77. The van der Waals surface area contributed by atoms with Crippen LogP contribution in [0, 0.1) is 0 Å². The molecule has 3 aromatic rings. The second-order valence-electron chi connectivity index (χ2n) is 6.67. The lowest BCUT2D eigenvalue weighted by Gasteiger charge is -2.27. The molecule has 2 heterocycles. The quantitative estimate of drug-likeness (QED) is 0.789. The van der Waals surface area contributed by atoms with Crippen LogP contribution in [0.5, 0.6) is 0 Å². The Labute approximate surface area is 152 Å². The number of rotatable bonds is 3. The third-order valence-corrected chi connectivity index (χ3v) is 4.79. The smallest absolute Gasteiger partial charge is 0.239 e. The normalized spacial score (nSPS) is 14.8. The number of hydrogen-bond acceptors (Lipinski definition) is 4. The molecule has 0 saturated carbocycles. The van der Waals surface area contributed by atoms with Gasteiger partial charge in [-0.1, -0.05) is 59.8 Å². The molecule has 2 aromatic carbocycles. The zero-order chi connectivity index (χ0) is 18.1. The third kappa shape index (κ3) is 3.02. The van der Waals surface area contributed by atoms with Gasteiger partial charge in [-0.15, -0.1) is 0 Å². The van der Waals surface area contributed by atoms with Gasteiger partial charge in [0.05, 0.1) is 12.6 Å². The Morgan fingerprint density at radius 3 is 2.42 bits per heavy atom. The summed E-state index contributed by atoms with van der Waals surface area (Å²) < 4.78 is 5.53. The van der Waals surface area contributed by atoms with E-state index in [-0.39, 0.29) is 5.91 Å². The van der Waals surface area contributed by atoms with Gasteiger partial charge in [0.2, 0.25) is 5.91 Å². The van der Waals surface area contributed by atoms with Crippen molar-refractivity contribution in [3.8, 4) is 22.4 Å². The number of nitrogens with zero attached hydrogens (tertiary/aromatic N) is 2. The van der Waals surface area contributed by atoms with Crippen molar-refractivity contribution >= 4 is 5.91 Å². The van der Waals surface area contributed by atoms with Gasteiger partial charge in [0.1, 0.15) is 11.5 Å². The molecule has 26 heavy (non-hydrogen) atoms. The highest BCUT2D eigenvalue weighted by molar-refractivity contribution is 5.82. The molecule has 1 aliphatic rings. The number of carbonyl (C=O) groups excluding carboxylic acids is 1. The Morgan fingerprint density at radius 2 is 1.73 bits per heavy atom. The fourth-order valence-electron chi connectivity index (χ4n) is 3.36. The second-order valence-corrected chi connectivity index (χ2v) is 6.67. The molecule has 0 bridgehead atoms. The Balaban J connectivity index is 1.62. The number of carbonyl (C=O) groups is 1. The van der Waals surface area contributed by atoms with Crippen LogP contribution in [0.4, 0.5) is 0 Å². The minimum Gasteiger partial charge on any atom is -0.360 e. The minimum absolute atomic E-state index is 0.0396. The van der Waals surface area contributed by atoms with Gasteiger partial charge in [-0.3, -0.25) is 4.79 Å². The standard InChI is InChI=1S/C21H21N3O2/c1-14(22)21(25)24-12-11-19-18(13-24)20(23-26-19)17-9-7-16(8-10-17)15-5-3-2-4-6-15/h2-10,14H,11-13,22H2,1H3/t14-/m0/s1. The predicted molar refractivity (Wildman–Crippen MR) is 100 cm³/mol. The molecule has 0 fully saturated rings. The molecular formula is C21H21N3O2. The number of fused-ring (bicyclic) bond motifs is 1. The van der Waals surface area contributed by atoms with Gasteiger partial charge in [0.25, 0.3) is 0 Å². The average molecular weight is 347 g/mol. The van der Waals surface area contributed by atoms with E-state index in [1.165, 1.54) is 5.56 Å². The van der Waals surface area contributed by atoms with Crippen molar-refractivity contribution in [3.63, 3.8) is 0 Å². The van der Waals surface area contributed by atoms with Gasteiger partial charge in [-0.05, 0) is 18.1 Å². The summed E-state index contributed by atoms with van der Waals surface area (Å²) in [6.45, 7) is 2.83. The number of amides is 1. The lowest BCUT2D eigenvalue weighted by atomic mass is 9.98. The van der Waals surface area contributed by atoms with E-state index in [1.54, 1.807) is 11.8 Å². The summed E-state index contributed by atoms with van der Waals surface area (Å²) >= 11 is 0. The topological polar surface area (TPSA) is 72.4 Å². The average Bonchev–Trinajstić information content (AvgIpc) is 3.11. The van der Waals surface area contributed by atoms with Crippen LogP contribution in [-0.4, -0.2) is 28.6 Å². The van der Waals surface area contributed by atoms with Crippen LogP contribution in [0.2, 0.25) is 0 Å². The van der Waals surface area contributed by atoms with Crippen LogP contribution >= 0.6 is 0 Å². The Bertz CT molecular complexity index is 914. The molecule has 1 atom stereocenters. The van der Waals surface area contributed by atoms with Crippen molar-refractivity contribution in [1.29, 1.82) is 0 Å². The van der Waals surface area contributed by atoms with Gasteiger partial charge in [0, 0.05) is 24.1 Å². The van der Waals surface area contributed by atoms with Gasteiger partial charge >= 0.3 is 0 Å². The van der Waals surface area contributed by atoms with Crippen molar-refractivity contribution in [2.45, 2.75) is 25.9 Å². The fourth-order valence-corrected chi connectivity index (χ4v) is 3.36. The van der Waals surface area contributed by atoms with Crippen LogP contribution in [-0.2, 0) is 17.8 Å². The highest BCUT2D eigenvalue weighted by Gasteiger charge is 2.28. The van der Waals surface area contributed by atoms with Crippen LogP contribution in [0.15, 0.2) is 59.1 Å². The van der Waals surface area contributed by atoms with Crippen LogP contribution in [0.1, 0.15) is 18.2 Å². The van der Waals surface area contributed by atoms with E-state index < -0.39 is 6.04 Å². The van der Waals surface area contributed by atoms with E-state index >= 15 is 0 Å². The van der Waals surface area contributed by atoms with E-state index in [1.807, 2.05) is 30.3 Å². The molecule has 1 aliphatic heterocycles. The largest absolute Gasteiger partial charge is 0.360 e. The van der Waals surface area contributed by atoms with Crippen molar-refractivity contribution in [2.24, 2.45) is 5.73 Å².